The van der Waals surface area contributed by atoms with E-state index in [2.05, 4.69) is 4.74 Å². The highest BCUT2D eigenvalue weighted by Crippen LogP contribution is 2.36. The van der Waals surface area contributed by atoms with Crippen molar-refractivity contribution in [1.29, 1.82) is 0 Å². The first-order chi connectivity index (χ1) is 11.7. The molecule has 0 aromatic carbocycles. The van der Waals surface area contributed by atoms with Crippen molar-refractivity contribution in [2.45, 2.75) is 52.6 Å². The second-order valence-corrected chi connectivity index (χ2v) is 6.35. The van der Waals surface area contributed by atoms with Gasteiger partial charge in [-0.25, -0.2) is 4.79 Å². The predicted molar refractivity (Wildman–Crippen MR) is 86.3 cm³/mol. The molecule has 1 saturated heterocycles. The molecule has 0 aromatic heterocycles. The van der Waals surface area contributed by atoms with Gasteiger partial charge in [0, 0.05) is 12.8 Å². The molecular weight excluding hydrogens is 332 g/mol. The Balaban J connectivity index is 2.85. The minimum absolute atomic E-state index is 0.0339. The molecule has 6 atom stereocenters. The Morgan fingerprint density at radius 3 is 2.16 bits per heavy atom. The van der Waals surface area contributed by atoms with Crippen LogP contribution in [0.25, 0.3) is 0 Å². The third kappa shape index (κ3) is 5.97. The summed E-state index contributed by atoms with van der Waals surface area (Å²) in [6.45, 7) is 7.44. The lowest BCUT2D eigenvalue weighted by Gasteiger charge is -2.43. The fourth-order valence-electron chi connectivity index (χ4n) is 2.75. The van der Waals surface area contributed by atoms with Crippen molar-refractivity contribution in [3.05, 3.63) is 0 Å². The van der Waals surface area contributed by atoms with Gasteiger partial charge in [-0.3, -0.25) is 9.59 Å². The molecule has 144 valence electrons. The molecule has 1 aliphatic heterocycles. The van der Waals surface area contributed by atoms with E-state index in [4.69, 9.17) is 18.9 Å². The summed E-state index contributed by atoms with van der Waals surface area (Å²) < 4.78 is 26.0. The van der Waals surface area contributed by atoms with E-state index in [1.807, 2.05) is 20.8 Å². The summed E-state index contributed by atoms with van der Waals surface area (Å²) in [4.78, 5) is 34.5. The number of carbonyl (C=O) groups is 3. The highest BCUT2D eigenvalue weighted by molar-refractivity contribution is 5.81. The minimum atomic E-state index is -1.13. The Bertz CT molecular complexity index is 477. The molecule has 0 aromatic rings. The first-order valence-electron chi connectivity index (χ1n) is 8.30. The Hall–Kier alpha value is -1.67. The molecule has 1 heterocycles. The summed E-state index contributed by atoms with van der Waals surface area (Å²) in [5.74, 6) is -1.37. The van der Waals surface area contributed by atoms with Crippen LogP contribution in [-0.2, 0) is 38.1 Å². The first kappa shape index (κ1) is 21.4. The van der Waals surface area contributed by atoms with Crippen molar-refractivity contribution < 1.29 is 38.1 Å². The van der Waals surface area contributed by atoms with Crippen LogP contribution in [0.4, 0.5) is 0 Å². The number of rotatable bonds is 7. The number of hydrogen-bond acceptors (Lipinski definition) is 8. The summed E-state index contributed by atoms with van der Waals surface area (Å²) in [7, 11) is 2.45. The molecule has 0 bridgehead atoms. The van der Waals surface area contributed by atoms with E-state index < -0.39 is 30.3 Å². The van der Waals surface area contributed by atoms with Crippen LogP contribution in [0.2, 0.25) is 0 Å². The van der Waals surface area contributed by atoms with E-state index in [1.54, 1.807) is 0 Å². The second kappa shape index (κ2) is 9.72. The highest BCUT2D eigenvalue weighted by atomic mass is 16.7. The van der Waals surface area contributed by atoms with E-state index in [0.29, 0.717) is 0 Å². The van der Waals surface area contributed by atoms with Crippen LogP contribution >= 0.6 is 0 Å². The zero-order chi connectivity index (χ0) is 19.1. The standard InChI is InChI=1S/C17H28O8/c1-9-10(2)14(8-23-12(4)18)25-17(11(9)3)24-13(16(20)22-6)7-15(19)21-5/h9-11,13-14,17H,7-8H2,1-6H3/t9-,10+,11?,13-,14?,17?/m0/s1. The average Bonchev–Trinajstić information content (AvgIpc) is 2.59. The molecule has 0 amide bonds. The van der Waals surface area contributed by atoms with Crippen molar-refractivity contribution in [2.24, 2.45) is 17.8 Å². The number of ether oxygens (including phenoxy) is 5. The maximum atomic E-state index is 11.9. The minimum Gasteiger partial charge on any atom is -0.469 e. The Morgan fingerprint density at radius 2 is 1.64 bits per heavy atom. The highest BCUT2D eigenvalue weighted by Gasteiger charge is 2.42. The molecule has 1 aliphatic rings. The van der Waals surface area contributed by atoms with E-state index in [-0.39, 0.29) is 36.9 Å². The molecule has 0 aliphatic carbocycles. The van der Waals surface area contributed by atoms with Gasteiger partial charge in [0.15, 0.2) is 12.4 Å². The second-order valence-electron chi connectivity index (χ2n) is 6.35. The van der Waals surface area contributed by atoms with Crippen molar-refractivity contribution in [3.8, 4) is 0 Å². The van der Waals surface area contributed by atoms with Gasteiger partial charge in [0.1, 0.15) is 6.61 Å². The predicted octanol–water partition coefficient (Wildman–Crippen LogP) is 1.30. The first-order valence-corrected chi connectivity index (χ1v) is 8.30. The molecule has 0 N–H and O–H groups in total. The van der Waals surface area contributed by atoms with Crippen LogP contribution in [-0.4, -0.2) is 57.2 Å². The van der Waals surface area contributed by atoms with Crippen LogP contribution in [0.15, 0.2) is 0 Å². The summed E-state index contributed by atoms with van der Waals surface area (Å²) >= 11 is 0. The summed E-state index contributed by atoms with van der Waals surface area (Å²) in [6.07, 6.45) is -2.49. The van der Waals surface area contributed by atoms with Gasteiger partial charge in [0.05, 0.1) is 26.7 Å². The SMILES string of the molecule is COC(=O)C[C@H](OC1OC(COC(C)=O)[C@H](C)[C@H](C)C1C)C(=O)OC. The van der Waals surface area contributed by atoms with Gasteiger partial charge in [-0.2, -0.15) is 0 Å². The number of methoxy groups -OCH3 is 2. The van der Waals surface area contributed by atoms with Gasteiger partial charge in [-0.15, -0.1) is 0 Å². The van der Waals surface area contributed by atoms with E-state index in [9.17, 15) is 14.4 Å². The smallest absolute Gasteiger partial charge is 0.335 e. The van der Waals surface area contributed by atoms with Crippen LogP contribution in [0.3, 0.4) is 0 Å². The summed E-state index contributed by atoms with van der Waals surface area (Å²) in [5, 5.41) is 0. The average molecular weight is 360 g/mol. The van der Waals surface area contributed by atoms with Gasteiger partial charge in [0.25, 0.3) is 0 Å². The molecule has 8 nitrogen and oxygen atoms in total. The van der Waals surface area contributed by atoms with Crippen LogP contribution in [0, 0.1) is 17.8 Å². The van der Waals surface area contributed by atoms with Crippen molar-refractivity contribution in [1.82, 2.24) is 0 Å². The molecule has 0 saturated carbocycles. The van der Waals surface area contributed by atoms with Gasteiger partial charge in [0.2, 0.25) is 0 Å². The van der Waals surface area contributed by atoms with E-state index in [1.165, 1.54) is 21.1 Å². The summed E-state index contributed by atoms with van der Waals surface area (Å²) in [5.41, 5.74) is 0. The monoisotopic (exact) mass is 360 g/mol. The lowest BCUT2D eigenvalue weighted by Crippen LogP contribution is -2.49. The molecule has 25 heavy (non-hydrogen) atoms. The zero-order valence-electron chi connectivity index (χ0n) is 15.6. The lowest BCUT2D eigenvalue weighted by molar-refractivity contribution is -0.270. The lowest BCUT2D eigenvalue weighted by atomic mass is 9.79. The largest absolute Gasteiger partial charge is 0.469 e. The third-order valence-electron chi connectivity index (χ3n) is 4.78. The van der Waals surface area contributed by atoms with E-state index >= 15 is 0 Å². The Kier molecular flexibility index (Phi) is 8.31. The van der Waals surface area contributed by atoms with Gasteiger partial charge in [-0.05, 0) is 11.8 Å². The molecule has 0 spiro atoms. The Morgan fingerprint density at radius 1 is 1.00 bits per heavy atom. The maximum Gasteiger partial charge on any atom is 0.335 e. The van der Waals surface area contributed by atoms with Gasteiger partial charge < -0.3 is 23.7 Å². The van der Waals surface area contributed by atoms with Gasteiger partial charge >= 0.3 is 17.9 Å². The normalized spacial score (nSPS) is 30.2. The molecule has 0 radical (unpaired) electrons. The Labute approximate surface area is 148 Å². The molecule has 3 unspecified atom stereocenters. The molecule has 8 heteroatoms. The van der Waals surface area contributed by atoms with Crippen molar-refractivity contribution >= 4 is 17.9 Å². The number of carbonyl (C=O) groups excluding carboxylic acids is 3. The van der Waals surface area contributed by atoms with Crippen molar-refractivity contribution in [3.63, 3.8) is 0 Å². The van der Waals surface area contributed by atoms with Gasteiger partial charge in [-0.1, -0.05) is 20.8 Å². The number of esters is 3. The molecule has 1 rings (SSSR count). The molecular formula is C17H28O8. The van der Waals surface area contributed by atoms with Crippen LogP contribution in [0.5, 0.6) is 0 Å². The number of hydrogen-bond donors (Lipinski definition) is 0. The quantitative estimate of drug-likeness (QED) is 0.495. The third-order valence-corrected chi connectivity index (χ3v) is 4.78. The fraction of sp³-hybridized carbons (Fsp3) is 0.824. The van der Waals surface area contributed by atoms with Crippen LogP contribution < -0.4 is 0 Å². The molecule has 1 fully saturated rings. The topological polar surface area (TPSA) is 97.4 Å². The summed E-state index contributed by atoms with van der Waals surface area (Å²) in [6, 6.07) is 0. The van der Waals surface area contributed by atoms with E-state index in [0.717, 1.165) is 0 Å². The van der Waals surface area contributed by atoms with Crippen molar-refractivity contribution in [2.75, 3.05) is 20.8 Å². The zero-order valence-corrected chi connectivity index (χ0v) is 15.6. The van der Waals surface area contributed by atoms with Crippen LogP contribution in [0.1, 0.15) is 34.1 Å². The fourth-order valence-corrected chi connectivity index (χ4v) is 2.75. The maximum absolute atomic E-state index is 11.9.